The van der Waals surface area contributed by atoms with Crippen molar-refractivity contribution < 1.29 is 4.79 Å². The van der Waals surface area contributed by atoms with Gasteiger partial charge < -0.3 is 0 Å². The SMILES string of the molecule is C/C=C/C/C=C\C=C=O. The van der Waals surface area contributed by atoms with Crippen molar-refractivity contribution in [3.8, 4) is 0 Å². The van der Waals surface area contributed by atoms with Crippen LogP contribution in [0.5, 0.6) is 0 Å². The summed E-state index contributed by atoms with van der Waals surface area (Å²) in [6.07, 6.45) is 9.79. The summed E-state index contributed by atoms with van der Waals surface area (Å²) in [5.41, 5.74) is 0. The summed E-state index contributed by atoms with van der Waals surface area (Å²) >= 11 is 0. The molecule has 0 bridgehead atoms. The van der Waals surface area contributed by atoms with Gasteiger partial charge in [0.15, 0.2) is 0 Å². The highest BCUT2D eigenvalue weighted by molar-refractivity contribution is 5.48. The lowest BCUT2D eigenvalue weighted by molar-refractivity contribution is 0.569. The molecule has 0 amide bonds. The Morgan fingerprint density at radius 2 is 2.22 bits per heavy atom. The molecule has 0 radical (unpaired) electrons. The van der Waals surface area contributed by atoms with Crippen molar-refractivity contribution in [3.05, 3.63) is 30.4 Å². The number of carbonyl (C=O) groups excluding carboxylic acids is 1. The molecule has 1 heteroatoms. The minimum absolute atomic E-state index is 0.884. The van der Waals surface area contributed by atoms with Crippen molar-refractivity contribution in [2.75, 3.05) is 0 Å². The van der Waals surface area contributed by atoms with E-state index in [1.54, 1.807) is 12.0 Å². The highest BCUT2D eigenvalue weighted by atomic mass is 16.1. The fourth-order valence-corrected chi connectivity index (χ4v) is 0.401. The summed E-state index contributed by atoms with van der Waals surface area (Å²) < 4.78 is 0. The lowest BCUT2D eigenvalue weighted by Gasteiger charge is -1.74. The molecule has 1 nitrogen and oxygen atoms in total. The van der Waals surface area contributed by atoms with Crippen LogP contribution in [-0.4, -0.2) is 5.94 Å². The number of allylic oxidation sites excluding steroid dienone is 5. The molecular weight excluding hydrogens is 112 g/mol. The molecular formula is C8H10O. The van der Waals surface area contributed by atoms with Crippen molar-refractivity contribution in [1.29, 1.82) is 0 Å². The average Bonchev–Trinajstić information content (AvgIpc) is 1.89. The van der Waals surface area contributed by atoms with Gasteiger partial charge in [0.25, 0.3) is 0 Å². The maximum Gasteiger partial charge on any atom is 0.124 e. The van der Waals surface area contributed by atoms with Gasteiger partial charge in [0.2, 0.25) is 0 Å². The zero-order chi connectivity index (χ0) is 6.95. The first-order chi connectivity index (χ1) is 4.41. The van der Waals surface area contributed by atoms with Crippen LogP contribution < -0.4 is 0 Å². The van der Waals surface area contributed by atoms with Crippen LogP contribution >= 0.6 is 0 Å². The first-order valence-electron chi connectivity index (χ1n) is 2.89. The maximum absolute atomic E-state index is 9.59. The van der Waals surface area contributed by atoms with E-state index in [-0.39, 0.29) is 0 Å². The zero-order valence-corrected chi connectivity index (χ0v) is 5.50. The maximum atomic E-state index is 9.59. The third-order valence-electron chi connectivity index (χ3n) is 0.808. The number of hydrogen-bond acceptors (Lipinski definition) is 1. The van der Waals surface area contributed by atoms with Gasteiger partial charge in [0, 0.05) is 6.08 Å². The smallest absolute Gasteiger partial charge is 0.124 e. The van der Waals surface area contributed by atoms with Gasteiger partial charge in [0.05, 0.1) is 0 Å². The first-order valence-corrected chi connectivity index (χ1v) is 2.89. The van der Waals surface area contributed by atoms with E-state index in [1.807, 2.05) is 25.2 Å². The normalized spacial score (nSPS) is 10.3. The van der Waals surface area contributed by atoms with Gasteiger partial charge >= 0.3 is 0 Å². The van der Waals surface area contributed by atoms with Crippen molar-refractivity contribution in [2.45, 2.75) is 13.3 Å². The molecule has 9 heavy (non-hydrogen) atoms. The quantitative estimate of drug-likeness (QED) is 0.317. The predicted molar refractivity (Wildman–Crippen MR) is 38.8 cm³/mol. The first kappa shape index (κ1) is 7.93. The minimum atomic E-state index is 0.884. The summed E-state index contributed by atoms with van der Waals surface area (Å²) in [7, 11) is 0. The molecule has 0 aromatic heterocycles. The Morgan fingerprint density at radius 3 is 2.78 bits per heavy atom. The van der Waals surface area contributed by atoms with Gasteiger partial charge in [0.1, 0.15) is 5.94 Å². The summed E-state index contributed by atoms with van der Waals surface area (Å²) in [5.74, 6) is 1.66. The van der Waals surface area contributed by atoms with Crippen LogP contribution in [0.1, 0.15) is 13.3 Å². The Morgan fingerprint density at radius 1 is 1.44 bits per heavy atom. The van der Waals surface area contributed by atoms with E-state index >= 15 is 0 Å². The van der Waals surface area contributed by atoms with E-state index in [9.17, 15) is 4.79 Å². The van der Waals surface area contributed by atoms with Gasteiger partial charge in [-0.2, -0.15) is 0 Å². The third-order valence-corrected chi connectivity index (χ3v) is 0.808. The molecule has 0 aromatic carbocycles. The summed E-state index contributed by atoms with van der Waals surface area (Å²) in [5, 5.41) is 0. The molecule has 0 aromatic rings. The molecule has 0 aliphatic heterocycles. The van der Waals surface area contributed by atoms with Crippen LogP contribution in [0.3, 0.4) is 0 Å². The largest absolute Gasteiger partial charge is 0.234 e. The minimum Gasteiger partial charge on any atom is -0.234 e. The van der Waals surface area contributed by atoms with Crippen molar-refractivity contribution >= 4 is 5.94 Å². The molecule has 0 heterocycles. The van der Waals surface area contributed by atoms with Crippen molar-refractivity contribution in [3.63, 3.8) is 0 Å². The lowest BCUT2D eigenvalue weighted by Crippen LogP contribution is -1.55. The lowest BCUT2D eigenvalue weighted by atomic mass is 10.3. The van der Waals surface area contributed by atoms with Crippen LogP contribution in [0, 0.1) is 0 Å². The molecule has 0 saturated heterocycles. The Bertz CT molecular complexity index is 148. The molecule has 0 spiro atoms. The number of rotatable bonds is 3. The Labute approximate surface area is 55.4 Å². The molecule has 0 unspecified atom stereocenters. The monoisotopic (exact) mass is 122 g/mol. The second-order valence-electron chi connectivity index (χ2n) is 1.52. The Balaban J connectivity index is 3.36. The van der Waals surface area contributed by atoms with E-state index in [1.165, 1.54) is 6.08 Å². The van der Waals surface area contributed by atoms with Crippen LogP contribution in [-0.2, 0) is 4.79 Å². The zero-order valence-electron chi connectivity index (χ0n) is 5.50. The highest BCUT2D eigenvalue weighted by Crippen LogP contribution is 1.84. The van der Waals surface area contributed by atoms with Gasteiger partial charge in [-0.05, 0) is 13.3 Å². The van der Waals surface area contributed by atoms with E-state index in [4.69, 9.17) is 0 Å². The fraction of sp³-hybridized carbons (Fsp3) is 0.250. The standard InChI is InChI=1S/C8H10O/c1-2-3-4-5-6-7-8-9/h2-3,5-7H,4H2,1H3/b3-2+,6-5-. The van der Waals surface area contributed by atoms with Crippen LogP contribution in [0.4, 0.5) is 0 Å². The summed E-state index contributed by atoms with van der Waals surface area (Å²) in [6, 6.07) is 0. The topological polar surface area (TPSA) is 17.1 Å². The van der Waals surface area contributed by atoms with Crippen LogP contribution in [0.2, 0.25) is 0 Å². The molecule has 0 N–H and O–H groups in total. The van der Waals surface area contributed by atoms with Gasteiger partial charge in [-0.1, -0.05) is 24.3 Å². The fourth-order valence-electron chi connectivity index (χ4n) is 0.401. The van der Waals surface area contributed by atoms with Crippen molar-refractivity contribution in [2.24, 2.45) is 0 Å². The molecule has 0 rings (SSSR count). The summed E-state index contributed by atoms with van der Waals surface area (Å²) in [4.78, 5) is 9.59. The second-order valence-corrected chi connectivity index (χ2v) is 1.52. The average molecular weight is 122 g/mol. The van der Waals surface area contributed by atoms with E-state index in [0.717, 1.165) is 6.42 Å². The summed E-state index contributed by atoms with van der Waals surface area (Å²) in [6.45, 7) is 1.96. The molecule has 0 fully saturated rings. The van der Waals surface area contributed by atoms with Gasteiger partial charge in [-0.15, -0.1) is 0 Å². The second kappa shape index (κ2) is 6.93. The van der Waals surface area contributed by atoms with E-state index in [0.29, 0.717) is 0 Å². The molecule has 48 valence electrons. The molecule has 0 atom stereocenters. The van der Waals surface area contributed by atoms with Crippen molar-refractivity contribution in [1.82, 2.24) is 0 Å². The Hall–Kier alpha value is -1.07. The van der Waals surface area contributed by atoms with Crippen LogP contribution in [0.25, 0.3) is 0 Å². The molecule has 0 saturated carbocycles. The molecule has 0 aliphatic carbocycles. The highest BCUT2D eigenvalue weighted by Gasteiger charge is 1.64. The van der Waals surface area contributed by atoms with E-state index in [2.05, 4.69) is 0 Å². The molecule has 0 aliphatic rings. The third kappa shape index (κ3) is 6.93. The van der Waals surface area contributed by atoms with Gasteiger partial charge in [-0.25, -0.2) is 4.79 Å². The van der Waals surface area contributed by atoms with E-state index < -0.39 is 0 Å². The Kier molecular flexibility index (Phi) is 6.11. The van der Waals surface area contributed by atoms with Gasteiger partial charge in [-0.3, -0.25) is 0 Å². The van der Waals surface area contributed by atoms with Crippen LogP contribution in [0.15, 0.2) is 30.4 Å². The predicted octanol–water partition coefficient (Wildman–Crippen LogP) is 1.90. The number of hydrogen-bond donors (Lipinski definition) is 0.